The minimum absolute atomic E-state index is 0.279. The normalized spacial score (nSPS) is 13.2. The lowest BCUT2D eigenvalue weighted by Gasteiger charge is -2.09. The molecule has 2 rings (SSSR count). The minimum atomic E-state index is -0.279. The van der Waals surface area contributed by atoms with Crippen molar-refractivity contribution in [3.05, 3.63) is 29.7 Å². The highest BCUT2D eigenvalue weighted by Crippen LogP contribution is 2.30. The molecule has 1 unspecified atom stereocenters. The van der Waals surface area contributed by atoms with Crippen LogP contribution in [0.15, 0.2) is 22.7 Å². The second kappa shape index (κ2) is 4.64. The van der Waals surface area contributed by atoms with E-state index in [0.717, 1.165) is 30.3 Å². The molecule has 1 heterocycles. The van der Waals surface area contributed by atoms with Gasteiger partial charge < -0.3 is 4.52 Å². The highest BCUT2D eigenvalue weighted by atomic mass is 19.1. The van der Waals surface area contributed by atoms with Gasteiger partial charge in [-0.15, -0.1) is 0 Å². The Balaban J connectivity index is 2.44. The molecule has 86 valence electrons. The molecule has 0 N–H and O–H groups in total. The number of hydrogen-bond acceptors (Lipinski definition) is 2. The van der Waals surface area contributed by atoms with Gasteiger partial charge in [0.25, 0.3) is 0 Å². The fourth-order valence-corrected chi connectivity index (χ4v) is 2.11. The van der Waals surface area contributed by atoms with Crippen molar-refractivity contribution in [1.29, 1.82) is 0 Å². The van der Waals surface area contributed by atoms with E-state index in [2.05, 4.69) is 19.0 Å². The van der Waals surface area contributed by atoms with Crippen LogP contribution in [-0.4, -0.2) is 5.16 Å². The molecule has 2 aromatic rings. The Bertz CT molecular complexity index is 478. The number of halogens is 1. The minimum Gasteiger partial charge on any atom is -0.356 e. The molecule has 2 nitrogen and oxygen atoms in total. The Labute approximate surface area is 94.4 Å². The number of rotatable bonds is 4. The molecule has 0 bridgehead atoms. The van der Waals surface area contributed by atoms with E-state index in [-0.39, 0.29) is 5.82 Å². The van der Waals surface area contributed by atoms with Gasteiger partial charge in [0.1, 0.15) is 5.82 Å². The van der Waals surface area contributed by atoms with E-state index in [1.807, 2.05) is 0 Å². The molecule has 1 aromatic carbocycles. The molecule has 1 atom stereocenters. The predicted molar refractivity (Wildman–Crippen MR) is 61.9 cm³/mol. The molecular formula is C13H16FNO. The van der Waals surface area contributed by atoms with Crippen LogP contribution in [0.4, 0.5) is 4.39 Å². The number of benzene rings is 1. The Hall–Kier alpha value is -1.38. The summed E-state index contributed by atoms with van der Waals surface area (Å²) in [6.45, 7) is 4.30. The lowest BCUT2D eigenvalue weighted by molar-refractivity contribution is 0.428. The SMILES string of the molecule is CCCC(CC)c1noc2cc(F)ccc12. The average molecular weight is 221 g/mol. The molecule has 0 aliphatic heterocycles. The van der Waals surface area contributed by atoms with E-state index in [0.29, 0.717) is 11.5 Å². The molecule has 0 aliphatic rings. The van der Waals surface area contributed by atoms with E-state index in [9.17, 15) is 4.39 Å². The molecule has 3 heteroatoms. The number of hydrogen-bond donors (Lipinski definition) is 0. The van der Waals surface area contributed by atoms with Gasteiger partial charge in [0, 0.05) is 17.4 Å². The number of aromatic nitrogens is 1. The largest absolute Gasteiger partial charge is 0.356 e. The molecule has 1 aromatic heterocycles. The third kappa shape index (κ3) is 1.94. The molecule has 0 radical (unpaired) electrons. The van der Waals surface area contributed by atoms with Crippen molar-refractivity contribution >= 4 is 11.0 Å². The molecule has 0 spiro atoms. The van der Waals surface area contributed by atoms with Crippen LogP contribution in [-0.2, 0) is 0 Å². The van der Waals surface area contributed by atoms with E-state index < -0.39 is 0 Å². The summed E-state index contributed by atoms with van der Waals surface area (Å²) in [5.74, 6) is 0.135. The first-order valence-corrected chi connectivity index (χ1v) is 5.81. The average Bonchev–Trinajstić information content (AvgIpc) is 2.68. The van der Waals surface area contributed by atoms with Crippen LogP contribution in [0, 0.1) is 5.82 Å². The van der Waals surface area contributed by atoms with Gasteiger partial charge in [0.15, 0.2) is 5.58 Å². The van der Waals surface area contributed by atoms with E-state index in [1.165, 1.54) is 12.1 Å². The smallest absolute Gasteiger partial charge is 0.170 e. The van der Waals surface area contributed by atoms with Crippen molar-refractivity contribution in [2.24, 2.45) is 0 Å². The quantitative estimate of drug-likeness (QED) is 0.771. The van der Waals surface area contributed by atoms with Crippen molar-refractivity contribution < 1.29 is 8.91 Å². The van der Waals surface area contributed by atoms with Crippen molar-refractivity contribution in [3.8, 4) is 0 Å². The van der Waals surface area contributed by atoms with Gasteiger partial charge in [-0.05, 0) is 25.0 Å². The first-order valence-electron chi connectivity index (χ1n) is 5.81. The van der Waals surface area contributed by atoms with Gasteiger partial charge in [-0.3, -0.25) is 0 Å². The van der Waals surface area contributed by atoms with Crippen molar-refractivity contribution in [2.75, 3.05) is 0 Å². The Morgan fingerprint density at radius 2 is 2.19 bits per heavy atom. The van der Waals surface area contributed by atoms with Gasteiger partial charge in [0.05, 0.1) is 5.69 Å². The lowest BCUT2D eigenvalue weighted by Crippen LogP contribution is -1.97. The summed E-state index contributed by atoms with van der Waals surface area (Å²) in [7, 11) is 0. The van der Waals surface area contributed by atoms with Crippen molar-refractivity contribution in [2.45, 2.75) is 39.0 Å². The van der Waals surface area contributed by atoms with Gasteiger partial charge in [-0.2, -0.15) is 0 Å². The molecule has 0 fully saturated rings. The Kier molecular flexibility index (Phi) is 3.22. The Morgan fingerprint density at radius 3 is 2.88 bits per heavy atom. The van der Waals surface area contributed by atoms with Crippen molar-refractivity contribution in [1.82, 2.24) is 5.16 Å². The van der Waals surface area contributed by atoms with Gasteiger partial charge >= 0.3 is 0 Å². The maximum Gasteiger partial charge on any atom is 0.170 e. The van der Waals surface area contributed by atoms with E-state index in [4.69, 9.17) is 4.52 Å². The number of fused-ring (bicyclic) bond motifs is 1. The van der Waals surface area contributed by atoms with Gasteiger partial charge in [-0.25, -0.2) is 4.39 Å². The zero-order valence-electron chi connectivity index (χ0n) is 9.66. The van der Waals surface area contributed by atoms with Crippen LogP contribution < -0.4 is 0 Å². The molecule has 0 amide bonds. The maximum absolute atomic E-state index is 13.0. The van der Waals surface area contributed by atoms with E-state index in [1.54, 1.807) is 6.07 Å². The molecule has 16 heavy (non-hydrogen) atoms. The Morgan fingerprint density at radius 1 is 1.38 bits per heavy atom. The summed E-state index contributed by atoms with van der Waals surface area (Å²) in [6.07, 6.45) is 3.25. The summed E-state index contributed by atoms with van der Waals surface area (Å²) < 4.78 is 18.2. The molecule has 0 saturated carbocycles. The number of nitrogens with zero attached hydrogens (tertiary/aromatic N) is 1. The van der Waals surface area contributed by atoms with E-state index >= 15 is 0 Å². The summed E-state index contributed by atoms with van der Waals surface area (Å²) in [6, 6.07) is 4.61. The molecular weight excluding hydrogens is 205 g/mol. The highest BCUT2D eigenvalue weighted by Gasteiger charge is 2.17. The first kappa shape index (κ1) is 11.1. The second-order valence-corrected chi connectivity index (χ2v) is 4.10. The zero-order valence-corrected chi connectivity index (χ0v) is 9.66. The first-order chi connectivity index (χ1) is 7.76. The summed E-state index contributed by atoms with van der Waals surface area (Å²) in [5, 5.41) is 5.03. The zero-order chi connectivity index (χ0) is 11.5. The predicted octanol–water partition coefficient (Wildman–Crippen LogP) is 4.26. The standard InChI is InChI=1S/C13H16FNO/c1-3-5-9(4-2)13-11-7-6-10(14)8-12(11)16-15-13/h6-9H,3-5H2,1-2H3. The van der Waals surface area contributed by atoms with Crippen LogP contribution in [0.5, 0.6) is 0 Å². The highest BCUT2D eigenvalue weighted by molar-refractivity contribution is 5.79. The van der Waals surface area contributed by atoms with Crippen LogP contribution in [0.3, 0.4) is 0 Å². The third-order valence-electron chi connectivity index (χ3n) is 2.98. The van der Waals surface area contributed by atoms with Crippen LogP contribution >= 0.6 is 0 Å². The fourth-order valence-electron chi connectivity index (χ4n) is 2.11. The van der Waals surface area contributed by atoms with Crippen LogP contribution in [0.2, 0.25) is 0 Å². The summed E-state index contributed by atoms with van der Waals surface area (Å²) >= 11 is 0. The fraction of sp³-hybridized carbons (Fsp3) is 0.462. The van der Waals surface area contributed by atoms with Crippen molar-refractivity contribution in [3.63, 3.8) is 0 Å². The lowest BCUT2D eigenvalue weighted by atomic mass is 9.95. The van der Waals surface area contributed by atoms with Gasteiger partial charge in [0.2, 0.25) is 0 Å². The maximum atomic E-state index is 13.0. The van der Waals surface area contributed by atoms with Crippen LogP contribution in [0.1, 0.15) is 44.7 Å². The monoisotopic (exact) mass is 221 g/mol. The second-order valence-electron chi connectivity index (χ2n) is 4.10. The summed E-state index contributed by atoms with van der Waals surface area (Å²) in [5.41, 5.74) is 1.52. The molecule has 0 aliphatic carbocycles. The van der Waals surface area contributed by atoms with Crippen LogP contribution in [0.25, 0.3) is 11.0 Å². The third-order valence-corrected chi connectivity index (χ3v) is 2.98. The summed E-state index contributed by atoms with van der Waals surface area (Å²) in [4.78, 5) is 0. The topological polar surface area (TPSA) is 26.0 Å². The molecule has 0 saturated heterocycles. The van der Waals surface area contributed by atoms with Gasteiger partial charge in [-0.1, -0.05) is 25.4 Å².